The smallest absolute Gasteiger partial charge is 0.194 e. The van der Waals surface area contributed by atoms with E-state index >= 15 is 0 Å². The topological polar surface area (TPSA) is 97.7 Å². The second kappa shape index (κ2) is 4.42. The summed E-state index contributed by atoms with van der Waals surface area (Å²) in [5.41, 5.74) is 0. The normalized spacial score (nSPS) is 11.1. The lowest BCUT2D eigenvalue weighted by atomic mass is 10.6. The number of sulfone groups is 1. The van der Waals surface area contributed by atoms with Crippen molar-refractivity contribution in [1.82, 2.24) is 19.9 Å². The second-order valence-corrected chi connectivity index (χ2v) is 5.19. The van der Waals surface area contributed by atoms with Crippen LogP contribution < -0.4 is 5.32 Å². The predicted molar refractivity (Wildman–Crippen MR) is 60.5 cm³/mol. The average Bonchev–Trinajstić information content (AvgIpc) is 2.30. The van der Waals surface area contributed by atoms with Crippen molar-refractivity contribution in [2.75, 3.05) is 11.6 Å². The maximum Gasteiger partial charge on any atom is 0.194 e. The van der Waals surface area contributed by atoms with Crippen molar-refractivity contribution >= 4 is 21.5 Å². The molecule has 0 radical (unpaired) electrons. The maximum absolute atomic E-state index is 11.2. The fourth-order valence-electron chi connectivity index (χ4n) is 1.07. The number of nitrogens with zero attached hydrogens (tertiary/aromatic N) is 4. The summed E-state index contributed by atoms with van der Waals surface area (Å²) < 4.78 is 22.3. The summed E-state index contributed by atoms with van der Waals surface area (Å²) in [4.78, 5) is 15.6. The van der Waals surface area contributed by atoms with Crippen molar-refractivity contribution < 1.29 is 8.42 Å². The Hall–Kier alpha value is -2.09. The van der Waals surface area contributed by atoms with Gasteiger partial charge in [0, 0.05) is 18.6 Å². The molecule has 0 aliphatic carbocycles. The first-order valence-corrected chi connectivity index (χ1v) is 6.50. The third-order valence-corrected chi connectivity index (χ3v) is 2.80. The molecule has 0 bridgehead atoms. The monoisotopic (exact) mass is 251 g/mol. The number of anilines is 2. The Balaban J connectivity index is 2.20. The van der Waals surface area contributed by atoms with Gasteiger partial charge in [-0.05, 0) is 0 Å². The van der Waals surface area contributed by atoms with Gasteiger partial charge in [-0.15, -0.1) is 0 Å². The first-order chi connectivity index (χ1) is 8.05. The highest BCUT2D eigenvalue weighted by Crippen LogP contribution is 2.10. The van der Waals surface area contributed by atoms with Crippen molar-refractivity contribution in [3.8, 4) is 0 Å². The van der Waals surface area contributed by atoms with Crippen LogP contribution >= 0.6 is 0 Å². The lowest BCUT2D eigenvalue weighted by Crippen LogP contribution is -2.03. The third kappa shape index (κ3) is 2.94. The molecule has 2 rings (SSSR count). The van der Waals surface area contributed by atoms with Crippen LogP contribution in [0.5, 0.6) is 0 Å². The Morgan fingerprint density at radius 2 is 1.76 bits per heavy atom. The molecule has 0 fully saturated rings. The fraction of sp³-hybridized carbons (Fsp3) is 0.111. The van der Waals surface area contributed by atoms with E-state index in [1.807, 2.05) is 0 Å². The van der Waals surface area contributed by atoms with Crippen molar-refractivity contribution in [3.05, 3.63) is 31.0 Å². The molecule has 0 unspecified atom stereocenters. The highest BCUT2D eigenvalue weighted by Gasteiger charge is 2.09. The van der Waals surface area contributed by atoms with Crippen LogP contribution in [0.25, 0.3) is 0 Å². The average molecular weight is 251 g/mol. The molecule has 88 valence electrons. The zero-order chi connectivity index (χ0) is 12.3. The molecule has 2 aromatic heterocycles. The van der Waals surface area contributed by atoms with Gasteiger partial charge in [0.25, 0.3) is 0 Å². The van der Waals surface area contributed by atoms with E-state index in [2.05, 4.69) is 25.3 Å². The molecule has 8 heteroatoms. The van der Waals surface area contributed by atoms with Crippen molar-refractivity contribution in [1.29, 1.82) is 0 Å². The minimum Gasteiger partial charge on any atom is -0.322 e. The molecular formula is C9H9N5O2S. The quantitative estimate of drug-likeness (QED) is 0.843. The van der Waals surface area contributed by atoms with E-state index in [-0.39, 0.29) is 5.03 Å². The van der Waals surface area contributed by atoms with E-state index < -0.39 is 9.84 Å². The second-order valence-electron chi connectivity index (χ2n) is 3.23. The summed E-state index contributed by atoms with van der Waals surface area (Å²) >= 11 is 0. The van der Waals surface area contributed by atoms with E-state index in [4.69, 9.17) is 0 Å². The van der Waals surface area contributed by atoms with Gasteiger partial charge in [0.15, 0.2) is 14.9 Å². The molecule has 0 atom stereocenters. The van der Waals surface area contributed by atoms with Crippen LogP contribution in [-0.2, 0) is 9.84 Å². The van der Waals surface area contributed by atoms with Crippen molar-refractivity contribution in [3.63, 3.8) is 0 Å². The Labute approximate surface area is 97.9 Å². The highest BCUT2D eigenvalue weighted by atomic mass is 32.2. The first-order valence-electron chi connectivity index (χ1n) is 4.61. The van der Waals surface area contributed by atoms with Crippen LogP contribution in [0.15, 0.2) is 36.0 Å². The van der Waals surface area contributed by atoms with Crippen LogP contribution in [0.3, 0.4) is 0 Å². The Morgan fingerprint density at radius 1 is 1.00 bits per heavy atom. The minimum atomic E-state index is -3.32. The lowest BCUT2D eigenvalue weighted by molar-refractivity contribution is 0.597. The van der Waals surface area contributed by atoms with Crippen LogP contribution in [0, 0.1) is 0 Å². The van der Waals surface area contributed by atoms with Crippen molar-refractivity contribution in [2.24, 2.45) is 0 Å². The van der Waals surface area contributed by atoms with Gasteiger partial charge in [-0.1, -0.05) is 0 Å². The zero-order valence-corrected chi connectivity index (χ0v) is 9.72. The van der Waals surface area contributed by atoms with Crippen molar-refractivity contribution in [2.45, 2.75) is 5.03 Å². The van der Waals surface area contributed by atoms with Gasteiger partial charge in [-0.25, -0.2) is 23.4 Å². The lowest BCUT2D eigenvalue weighted by Gasteiger charge is -2.03. The minimum absolute atomic E-state index is 0.0674. The Kier molecular flexibility index (Phi) is 2.96. The molecule has 0 amide bonds. The van der Waals surface area contributed by atoms with Crippen LogP contribution in [0.2, 0.25) is 0 Å². The molecule has 1 N–H and O–H groups in total. The largest absolute Gasteiger partial charge is 0.322 e. The third-order valence-electron chi connectivity index (χ3n) is 1.83. The summed E-state index contributed by atoms with van der Waals surface area (Å²) in [6, 6.07) is 0. The highest BCUT2D eigenvalue weighted by molar-refractivity contribution is 7.90. The van der Waals surface area contributed by atoms with Crippen LogP contribution in [0.4, 0.5) is 11.6 Å². The maximum atomic E-state index is 11.2. The number of nitrogens with one attached hydrogen (secondary N) is 1. The molecule has 0 aromatic carbocycles. The first kappa shape index (κ1) is 11.4. The predicted octanol–water partition coefficient (Wildman–Crippen LogP) is 0.414. The molecule has 0 saturated carbocycles. The summed E-state index contributed by atoms with van der Waals surface area (Å²) in [6.07, 6.45) is 8.18. The van der Waals surface area contributed by atoms with E-state index in [0.717, 1.165) is 6.26 Å². The van der Waals surface area contributed by atoms with Gasteiger partial charge in [0.1, 0.15) is 11.6 Å². The molecule has 0 saturated heterocycles. The van der Waals surface area contributed by atoms with Gasteiger partial charge >= 0.3 is 0 Å². The molecular weight excluding hydrogens is 242 g/mol. The van der Waals surface area contributed by atoms with Gasteiger partial charge in [0.05, 0.1) is 18.6 Å². The molecule has 7 nitrogen and oxygen atoms in total. The summed E-state index contributed by atoms with van der Waals surface area (Å²) in [7, 11) is -3.32. The standard InChI is InChI=1S/C9H9N5O2S/c1-17(15,16)9-6-12-8(5-13-9)14-7-4-10-2-3-11-7/h2-6H,1H3,(H,11,12,14). The van der Waals surface area contributed by atoms with E-state index in [1.165, 1.54) is 24.8 Å². The summed E-state index contributed by atoms with van der Waals surface area (Å²) in [5.74, 6) is 0.909. The van der Waals surface area contributed by atoms with Gasteiger partial charge in [-0.3, -0.25) is 4.98 Å². The van der Waals surface area contributed by atoms with E-state index in [1.54, 1.807) is 6.20 Å². The van der Waals surface area contributed by atoms with Gasteiger partial charge in [0.2, 0.25) is 0 Å². The summed E-state index contributed by atoms with van der Waals surface area (Å²) in [5, 5.41) is 2.77. The number of rotatable bonds is 3. The van der Waals surface area contributed by atoms with Crippen LogP contribution in [0.1, 0.15) is 0 Å². The molecule has 17 heavy (non-hydrogen) atoms. The molecule has 0 spiro atoms. The number of hydrogen-bond acceptors (Lipinski definition) is 7. The molecule has 0 aliphatic rings. The molecule has 2 heterocycles. The van der Waals surface area contributed by atoms with Gasteiger partial charge < -0.3 is 5.32 Å². The number of aromatic nitrogens is 4. The molecule has 0 aliphatic heterocycles. The Bertz CT molecular complexity index is 597. The number of hydrogen-bond donors (Lipinski definition) is 1. The molecule has 2 aromatic rings. The van der Waals surface area contributed by atoms with E-state index in [0.29, 0.717) is 11.6 Å². The van der Waals surface area contributed by atoms with Gasteiger partial charge in [-0.2, -0.15) is 0 Å². The Morgan fingerprint density at radius 3 is 2.29 bits per heavy atom. The summed E-state index contributed by atoms with van der Waals surface area (Å²) in [6.45, 7) is 0. The fourth-order valence-corrected chi connectivity index (χ4v) is 1.56. The zero-order valence-electron chi connectivity index (χ0n) is 8.90. The SMILES string of the molecule is CS(=O)(=O)c1cnc(Nc2cnccn2)cn1. The van der Waals surface area contributed by atoms with E-state index in [9.17, 15) is 8.42 Å². The van der Waals surface area contributed by atoms with Crippen LogP contribution in [-0.4, -0.2) is 34.6 Å².